The van der Waals surface area contributed by atoms with E-state index in [1.807, 2.05) is 24.3 Å². The van der Waals surface area contributed by atoms with E-state index in [2.05, 4.69) is 20.8 Å². The van der Waals surface area contributed by atoms with Gasteiger partial charge in [0, 0.05) is 30.7 Å². The van der Waals surface area contributed by atoms with Crippen LogP contribution in [0.25, 0.3) is 0 Å². The van der Waals surface area contributed by atoms with Crippen molar-refractivity contribution in [3.8, 4) is 0 Å². The Bertz CT molecular complexity index is 788. The monoisotopic (exact) mass is 398 g/mol. The zero-order valence-electron chi connectivity index (χ0n) is 12.3. The molecule has 1 saturated heterocycles. The average Bonchev–Trinajstić information content (AvgIpc) is 2.56. The molecule has 0 spiro atoms. The number of benzene rings is 2. The van der Waals surface area contributed by atoms with Gasteiger partial charge in [-0.1, -0.05) is 12.1 Å². The highest BCUT2D eigenvalue weighted by atomic mass is 79.9. The van der Waals surface area contributed by atoms with Gasteiger partial charge in [-0.15, -0.1) is 0 Å². The predicted molar refractivity (Wildman–Crippen MR) is 91.5 cm³/mol. The Morgan fingerprint density at radius 3 is 2.13 bits per heavy atom. The molecule has 7 heteroatoms. The quantitative estimate of drug-likeness (QED) is 0.797. The molecule has 2 aromatic carbocycles. The van der Waals surface area contributed by atoms with E-state index in [4.69, 9.17) is 0 Å². The van der Waals surface area contributed by atoms with E-state index in [0.29, 0.717) is 26.2 Å². The van der Waals surface area contributed by atoms with Gasteiger partial charge in [0.2, 0.25) is 10.0 Å². The number of anilines is 1. The molecule has 0 aromatic heterocycles. The first-order valence-electron chi connectivity index (χ1n) is 7.24. The Morgan fingerprint density at radius 1 is 0.913 bits per heavy atom. The van der Waals surface area contributed by atoms with Gasteiger partial charge in [0.05, 0.1) is 10.6 Å². The van der Waals surface area contributed by atoms with Gasteiger partial charge in [0.15, 0.2) is 0 Å². The maximum Gasteiger partial charge on any atom is 0.243 e. The molecule has 0 unspecified atom stereocenters. The SMILES string of the molecule is O=S(=O)(c1ccc(F)cc1)N1CCN(c2ccccc2Br)CC1. The molecule has 0 saturated carbocycles. The van der Waals surface area contributed by atoms with Crippen LogP contribution in [-0.2, 0) is 10.0 Å². The molecule has 0 atom stereocenters. The molecule has 1 aliphatic rings. The van der Waals surface area contributed by atoms with Crippen LogP contribution in [0, 0.1) is 5.82 Å². The number of rotatable bonds is 3. The minimum Gasteiger partial charge on any atom is -0.368 e. The molecule has 122 valence electrons. The van der Waals surface area contributed by atoms with Crippen molar-refractivity contribution >= 4 is 31.6 Å². The van der Waals surface area contributed by atoms with Crippen LogP contribution in [-0.4, -0.2) is 38.9 Å². The summed E-state index contributed by atoms with van der Waals surface area (Å²) < 4.78 is 40.6. The summed E-state index contributed by atoms with van der Waals surface area (Å²) in [6.45, 7) is 2.04. The van der Waals surface area contributed by atoms with Crippen molar-refractivity contribution in [1.82, 2.24) is 4.31 Å². The third-order valence-electron chi connectivity index (χ3n) is 3.88. The Labute approximate surface area is 143 Å². The highest BCUT2D eigenvalue weighted by Crippen LogP contribution is 2.27. The van der Waals surface area contributed by atoms with E-state index in [9.17, 15) is 12.8 Å². The molecule has 0 amide bonds. The third kappa shape index (κ3) is 3.41. The lowest BCUT2D eigenvalue weighted by Gasteiger charge is -2.35. The second-order valence-corrected chi connectivity index (χ2v) is 8.09. The topological polar surface area (TPSA) is 40.6 Å². The molecule has 4 nitrogen and oxygen atoms in total. The van der Waals surface area contributed by atoms with E-state index in [-0.39, 0.29) is 4.90 Å². The van der Waals surface area contributed by atoms with Gasteiger partial charge in [-0.2, -0.15) is 4.31 Å². The van der Waals surface area contributed by atoms with Crippen molar-refractivity contribution in [3.05, 3.63) is 58.8 Å². The zero-order valence-corrected chi connectivity index (χ0v) is 14.7. The van der Waals surface area contributed by atoms with Crippen molar-refractivity contribution < 1.29 is 12.8 Å². The molecule has 2 aromatic rings. The first kappa shape index (κ1) is 16.4. The van der Waals surface area contributed by atoms with Gasteiger partial charge >= 0.3 is 0 Å². The molecule has 3 rings (SSSR count). The number of para-hydroxylation sites is 1. The molecule has 23 heavy (non-hydrogen) atoms. The molecule has 0 aliphatic carbocycles. The normalized spacial score (nSPS) is 16.5. The van der Waals surface area contributed by atoms with Crippen LogP contribution in [0.4, 0.5) is 10.1 Å². The van der Waals surface area contributed by atoms with E-state index < -0.39 is 15.8 Å². The van der Waals surface area contributed by atoms with Crippen LogP contribution in [0.3, 0.4) is 0 Å². The van der Waals surface area contributed by atoms with Crippen molar-refractivity contribution in [1.29, 1.82) is 0 Å². The van der Waals surface area contributed by atoms with Gasteiger partial charge in [-0.25, -0.2) is 12.8 Å². The van der Waals surface area contributed by atoms with Gasteiger partial charge in [0.1, 0.15) is 5.82 Å². The van der Waals surface area contributed by atoms with Crippen LogP contribution in [0.15, 0.2) is 57.9 Å². The summed E-state index contributed by atoms with van der Waals surface area (Å²) in [4.78, 5) is 2.29. The smallest absolute Gasteiger partial charge is 0.243 e. The van der Waals surface area contributed by atoms with Crippen molar-refractivity contribution in [3.63, 3.8) is 0 Å². The third-order valence-corrected chi connectivity index (χ3v) is 6.47. The zero-order chi connectivity index (χ0) is 16.4. The number of hydrogen-bond donors (Lipinski definition) is 0. The van der Waals surface area contributed by atoms with Crippen LogP contribution in [0.1, 0.15) is 0 Å². The van der Waals surface area contributed by atoms with E-state index in [1.165, 1.54) is 28.6 Å². The van der Waals surface area contributed by atoms with Crippen molar-refractivity contribution in [2.24, 2.45) is 0 Å². The molecule has 1 fully saturated rings. The Kier molecular flexibility index (Phi) is 4.70. The number of sulfonamides is 1. The van der Waals surface area contributed by atoms with Crippen LogP contribution in [0.5, 0.6) is 0 Å². The first-order valence-corrected chi connectivity index (χ1v) is 9.47. The molecule has 1 heterocycles. The molecule has 0 N–H and O–H groups in total. The highest BCUT2D eigenvalue weighted by molar-refractivity contribution is 9.10. The summed E-state index contributed by atoms with van der Waals surface area (Å²) >= 11 is 3.52. The number of halogens is 2. The van der Waals surface area contributed by atoms with Crippen molar-refractivity contribution in [2.45, 2.75) is 4.90 Å². The Hall–Kier alpha value is -1.44. The lowest BCUT2D eigenvalue weighted by molar-refractivity contribution is 0.384. The fourth-order valence-electron chi connectivity index (χ4n) is 2.63. The molecular formula is C16H16BrFN2O2S. The summed E-state index contributed by atoms with van der Waals surface area (Å²) in [5.74, 6) is -0.442. The molecular weight excluding hydrogens is 383 g/mol. The standard InChI is InChI=1S/C16H16BrFN2O2S/c17-15-3-1-2-4-16(15)19-9-11-20(12-10-19)23(21,22)14-7-5-13(18)6-8-14/h1-8H,9-12H2. The second kappa shape index (κ2) is 6.59. The van der Waals surface area contributed by atoms with Crippen LogP contribution in [0.2, 0.25) is 0 Å². The largest absolute Gasteiger partial charge is 0.368 e. The first-order chi connectivity index (χ1) is 11.0. The molecule has 0 bridgehead atoms. The highest BCUT2D eigenvalue weighted by Gasteiger charge is 2.28. The van der Waals surface area contributed by atoms with E-state index in [0.717, 1.165) is 10.2 Å². The minimum atomic E-state index is -3.57. The van der Waals surface area contributed by atoms with Crippen LogP contribution >= 0.6 is 15.9 Å². The number of piperazine rings is 1. The Balaban J connectivity index is 1.74. The number of nitrogens with zero attached hydrogens (tertiary/aromatic N) is 2. The van der Waals surface area contributed by atoms with Crippen LogP contribution < -0.4 is 4.90 Å². The summed E-state index contributed by atoms with van der Waals surface area (Å²) in [6, 6.07) is 12.8. The van der Waals surface area contributed by atoms with Gasteiger partial charge in [-0.05, 0) is 52.3 Å². The predicted octanol–water partition coefficient (Wildman–Crippen LogP) is 3.10. The van der Waals surface area contributed by atoms with Gasteiger partial charge in [0.25, 0.3) is 0 Å². The lowest BCUT2D eigenvalue weighted by Crippen LogP contribution is -2.48. The maximum absolute atomic E-state index is 13.0. The van der Waals surface area contributed by atoms with Crippen molar-refractivity contribution in [2.75, 3.05) is 31.1 Å². The van der Waals surface area contributed by atoms with E-state index >= 15 is 0 Å². The summed E-state index contributed by atoms with van der Waals surface area (Å²) in [6.07, 6.45) is 0. The van der Waals surface area contributed by atoms with Gasteiger partial charge in [-0.3, -0.25) is 0 Å². The lowest BCUT2D eigenvalue weighted by atomic mass is 10.2. The summed E-state index contributed by atoms with van der Waals surface area (Å²) in [5.41, 5.74) is 1.06. The molecule has 1 aliphatic heterocycles. The average molecular weight is 399 g/mol. The summed E-state index contributed by atoms with van der Waals surface area (Å²) in [7, 11) is -3.57. The maximum atomic E-state index is 13.0. The van der Waals surface area contributed by atoms with E-state index in [1.54, 1.807) is 0 Å². The summed E-state index contributed by atoms with van der Waals surface area (Å²) in [5, 5.41) is 0. The number of hydrogen-bond acceptors (Lipinski definition) is 3. The fraction of sp³-hybridized carbons (Fsp3) is 0.250. The second-order valence-electron chi connectivity index (χ2n) is 5.30. The van der Waals surface area contributed by atoms with Gasteiger partial charge < -0.3 is 4.90 Å². The Morgan fingerprint density at radius 2 is 1.52 bits per heavy atom. The fourth-order valence-corrected chi connectivity index (χ4v) is 4.59. The molecule has 0 radical (unpaired) electrons. The minimum absolute atomic E-state index is 0.133.